The van der Waals surface area contributed by atoms with Crippen LogP contribution in [0.4, 0.5) is 0 Å². The second kappa shape index (κ2) is 5.32. The van der Waals surface area contributed by atoms with Crippen LogP contribution in [0.2, 0.25) is 0 Å². The second-order valence-corrected chi connectivity index (χ2v) is 4.73. The van der Waals surface area contributed by atoms with E-state index in [0.717, 1.165) is 5.56 Å². The van der Waals surface area contributed by atoms with Crippen LogP contribution in [0.15, 0.2) is 24.3 Å². The quantitative estimate of drug-likeness (QED) is 0.848. The Bertz CT molecular complexity index is 399. The third kappa shape index (κ3) is 3.30. The summed E-state index contributed by atoms with van der Waals surface area (Å²) in [6.45, 7) is 2.62. The number of carbonyl (C=O) groups excluding carboxylic acids is 1. The van der Waals surface area contributed by atoms with Gasteiger partial charge >= 0.3 is 0 Å². The molecule has 1 unspecified atom stereocenters. The molecule has 0 saturated heterocycles. The number of benzene rings is 1. The van der Waals surface area contributed by atoms with Gasteiger partial charge in [-0.25, -0.2) is 0 Å². The van der Waals surface area contributed by atoms with Crippen molar-refractivity contribution in [2.24, 2.45) is 5.92 Å². The highest BCUT2D eigenvalue weighted by atomic mass is 16.5. The summed E-state index contributed by atoms with van der Waals surface area (Å²) in [5.41, 5.74) is 1.74. The molecular formula is C14H19NO2. The van der Waals surface area contributed by atoms with Crippen LogP contribution in [0.25, 0.3) is 0 Å². The summed E-state index contributed by atoms with van der Waals surface area (Å²) < 4.78 is 5.06. The first-order valence-corrected chi connectivity index (χ1v) is 6.09. The molecule has 1 saturated carbocycles. The van der Waals surface area contributed by atoms with Crippen molar-refractivity contribution in [3.05, 3.63) is 35.4 Å². The van der Waals surface area contributed by atoms with Crippen molar-refractivity contribution in [3.8, 4) is 0 Å². The summed E-state index contributed by atoms with van der Waals surface area (Å²) in [5.74, 6) is 0.698. The number of methoxy groups -OCH3 is 1. The minimum atomic E-state index is 0.0161. The van der Waals surface area contributed by atoms with E-state index >= 15 is 0 Å². The number of nitrogens with one attached hydrogen (secondary N) is 1. The summed E-state index contributed by atoms with van der Waals surface area (Å²) in [6, 6.07) is 7.87. The van der Waals surface area contributed by atoms with Crippen LogP contribution in [0.5, 0.6) is 0 Å². The van der Waals surface area contributed by atoms with Crippen LogP contribution in [0.3, 0.4) is 0 Å². The molecule has 0 radical (unpaired) electrons. The Kier molecular flexibility index (Phi) is 3.79. The van der Waals surface area contributed by atoms with Crippen molar-refractivity contribution in [1.82, 2.24) is 5.32 Å². The number of amides is 1. The largest absolute Gasteiger partial charge is 0.380 e. The van der Waals surface area contributed by atoms with E-state index in [1.165, 1.54) is 12.8 Å². The molecule has 0 spiro atoms. The molecule has 1 N–H and O–H groups in total. The Hall–Kier alpha value is -1.35. The lowest BCUT2D eigenvalue weighted by atomic mass is 10.1. The Morgan fingerprint density at radius 1 is 1.53 bits per heavy atom. The van der Waals surface area contributed by atoms with E-state index in [2.05, 4.69) is 12.2 Å². The van der Waals surface area contributed by atoms with Gasteiger partial charge < -0.3 is 10.1 Å². The normalized spacial score (nSPS) is 16.6. The van der Waals surface area contributed by atoms with Gasteiger partial charge in [-0.2, -0.15) is 0 Å². The average molecular weight is 233 g/mol. The van der Waals surface area contributed by atoms with E-state index in [4.69, 9.17) is 4.74 Å². The highest BCUT2D eigenvalue weighted by molar-refractivity contribution is 5.94. The molecule has 3 nitrogen and oxygen atoms in total. The SMILES string of the molecule is COCc1cccc(C(=O)NC(C)C2CC2)c1. The molecule has 2 rings (SSSR count). The predicted octanol–water partition coefficient (Wildman–Crippen LogP) is 2.36. The van der Waals surface area contributed by atoms with Gasteiger partial charge in [-0.1, -0.05) is 12.1 Å². The summed E-state index contributed by atoms with van der Waals surface area (Å²) in [7, 11) is 1.65. The van der Waals surface area contributed by atoms with Crippen LogP contribution in [0, 0.1) is 5.92 Å². The van der Waals surface area contributed by atoms with Crippen LogP contribution in [-0.2, 0) is 11.3 Å². The fraction of sp³-hybridized carbons (Fsp3) is 0.500. The van der Waals surface area contributed by atoms with E-state index in [-0.39, 0.29) is 11.9 Å². The number of hydrogen-bond donors (Lipinski definition) is 1. The van der Waals surface area contributed by atoms with Crippen LogP contribution in [-0.4, -0.2) is 19.1 Å². The number of ether oxygens (including phenoxy) is 1. The fourth-order valence-electron chi connectivity index (χ4n) is 1.97. The van der Waals surface area contributed by atoms with Crippen LogP contribution < -0.4 is 5.32 Å². The van der Waals surface area contributed by atoms with E-state index < -0.39 is 0 Å². The van der Waals surface area contributed by atoms with E-state index in [0.29, 0.717) is 18.1 Å². The first-order chi connectivity index (χ1) is 8.20. The first kappa shape index (κ1) is 12.1. The molecule has 0 aromatic heterocycles. The van der Waals surface area contributed by atoms with Crippen molar-refractivity contribution < 1.29 is 9.53 Å². The minimum Gasteiger partial charge on any atom is -0.380 e. The van der Waals surface area contributed by atoms with Gasteiger partial charge in [-0.15, -0.1) is 0 Å². The summed E-state index contributed by atoms with van der Waals surface area (Å²) in [5, 5.41) is 3.05. The lowest BCUT2D eigenvalue weighted by molar-refractivity contribution is 0.0935. The molecule has 1 aliphatic carbocycles. The van der Waals surface area contributed by atoms with Crippen molar-refractivity contribution in [2.45, 2.75) is 32.4 Å². The summed E-state index contributed by atoms with van der Waals surface area (Å²) in [4.78, 5) is 12.0. The predicted molar refractivity (Wildman–Crippen MR) is 66.8 cm³/mol. The molecule has 0 heterocycles. The molecule has 1 aliphatic rings. The highest BCUT2D eigenvalue weighted by Gasteiger charge is 2.28. The third-order valence-electron chi connectivity index (χ3n) is 3.19. The lowest BCUT2D eigenvalue weighted by Crippen LogP contribution is -2.34. The van der Waals surface area contributed by atoms with Crippen LogP contribution >= 0.6 is 0 Å². The highest BCUT2D eigenvalue weighted by Crippen LogP contribution is 2.32. The maximum Gasteiger partial charge on any atom is 0.251 e. The fourth-order valence-corrected chi connectivity index (χ4v) is 1.97. The summed E-state index contributed by atoms with van der Waals surface area (Å²) >= 11 is 0. The molecule has 1 atom stereocenters. The third-order valence-corrected chi connectivity index (χ3v) is 3.19. The molecule has 92 valence electrons. The molecule has 3 heteroatoms. The topological polar surface area (TPSA) is 38.3 Å². The van der Waals surface area contributed by atoms with Gasteiger partial charge in [0.15, 0.2) is 0 Å². The Morgan fingerprint density at radius 2 is 2.29 bits per heavy atom. The maximum atomic E-state index is 12.0. The van der Waals surface area contributed by atoms with E-state index in [1.54, 1.807) is 7.11 Å². The molecule has 0 aliphatic heterocycles. The first-order valence-electron chi connectivity index (χ1n) is 6.09. The molecule has 17 heavy (non-hydrogen) atoms. The number of hydrogen-bond acceptors (Lipinski definition) is 2. The van der Waals surface area contributed by atoms with Gasteiger partial charge in [-0.05, 0) is 43.4 Å². The van der Waals surface area contributed by atoms with E-state index in [9.17, 15) is 4.79 Å². The average Bonchev–Trinajstić information content (AvgIpc) is 3.13. The van der Waals surface area contributed by atoms with Gasteiger partial charge in [-0.3, -0.25) is 4.79 Å². The zero-order valence-electron chi connectivity index (χ0n) is 10.4. The monoisotopic (exact) mass is 233 g/mol. The zero-order chi connectivity index (χ0) is 12.3. The Labute approximate surface area is 102 Å². The van der Waals surface area contributed by atoms with Gasteiger partial charge in [0, 0.05) is 18.7 Å². The molecule has 1 aromatic rings. The van der Waals surface area contributed by atoms with Gasteiger partial charge in [0.05, 0.1) is 6.61 Å². The van der Waals surface area contributed by atoms with Crippen LogP contribution in [0.1, 0.15) is 35.7 Å². The number of rotatable bonds is 5. The Morgan fingerprint density at radius 3 is 2.94 bits per heavy atom. The van der Waals surface area contributed by atoms with Gasteiger partial charge in [0.1, 0.15) is 0 Å². The molecule has 1 fully saturated rings. The second-order valence-electron chi connectivity index (χ2n) is 4.73. The molecule has 1 amide bonds. The van der Waals surface area contributed by atoms with E-state index in [1.807, 2.05) is 24.3 Å². The van der Waals surface area contributed by atoms with Crippen molar-refractivity contribution in [3.63, 3.8) is 0 Å². The standard InChI is InChI=1S/C14H19NO2/c1-10(12-6-7-12)15-14(16)13-5-3-4-11(8-13)9-17-2/h3-5,8,10,12H,6-7,9H2,1-2H3,(H,15,16). The smallest absolute Gasteiger partial charge is 0.251 e. The molecular weight excluding hydrogens is 214 g/mol. The molecule has 0 bridgehead atoms. The van der Waals surface area contributed by atoms with Gasteiger partial charge in [0.2, 0.25) is 0 Å². The summed E-state index contributed by atoms with van der Waals surface area (Å²) in [6.07, 6.45) is 2.48. The zero-order valence-corrected chi connectivity index (χ0v) is 10.4. The van der Waals surface area contributed by atoms with Crippen molar-refractivity contribution >= 4 is 5.91 Å². The molecule has 1 aromatic carbocycles. The Balaban J connectivity index is 1.99. The van der Waals surface area contributed by atoms with Gasteiger partial charge in [0.25, 0.3) is 5.91 Å². The maximum absolute atomic E-state index is 12.0. The number of carbonyl (C=O) groups is 1. The lowest BCUT2D eigenvalue weighted by Gasteiger charge is -2.13. The van der Waals surface area contributed by atoms with Crippen molar-refractivity contribution in [2.75, 3.05) is 7.11 Å². The van der Waals surface area contributed by atoms with Crippen molar-refractivity contribution in [1.29, 1.82) is 0 Å². The minimum absolute atomic E-state index is 0.0161.